The fraction of sp³-hybridized carbons (Fsp3) is 0.172. The van der Waals surface area contributed by atoms with Gasteiger partial charge in [0.25, 0.3) is 0 Å². The van der Waals surface area contributed by atoms with E-state index in [1.165, 1.54) is 15.9 Å². The first-order valence-corrected chi connectivity index (χ1v) is 12.9. The molecule has 156 valence electrons. The van der Waals surface area contributed by atoms with Gasteiger partial charge in [-0.05, 0) is 48.4 Å². The van der Waals surface area contributed by atoms with Crippen LogP contribution in [0.5, 0.6) is 0 Å². The Kier molecular flexibility index (Phi) is 6.97. The molecule has 2 heteroatoms. The van der Waals surface area contributed by atoms with E-state index in [4.69, 9.17) is 0 Å². The highest BCUT2D eigenvalue weighted by atomic mass is 31.2. The van der Waals surface area contributed by atoms with Crippen molar-refractivity contribution < 1.29 is 5.11 Å². The zero-order valence-corrected chi connectivity index (χ0v) is 18.9. The Morgan fingerprint density at radius 2 is 0.935 bits per heavy atom. The van der Waals surface area contributed by atoms with E-state index >= 15 is 0 Å². The summed E-state index contributed by atoms with van der Waals surface area (Å²) in [5.74, 6) is 0. The van der Waals surface area contributed by atoms with E-state index in [1.807, 2.05) is 18.2 Å². The highest BCUT2D eigenvalue weighted by molar-refractivity contribution is 7.96. The van der Waals surface area contributed by atoms with Crippen LogP contribution in [-0.4, -0.2) is 10.8 Å². The molecule has 0 aliphatic rings. The highest BCUT2D eigenvalue weighted by Gasteiger charge is 2.54. The second kappa shape index (κ2) is 10.1. The number of rotatable bonds is 8. The van der Waals surface area contributed by atoms with Crippen molar-refractivity contribution in [3.63, 3.8) is 0 Å². The van der Waals surface area contributed by atoms with E-state index in [1.54, 1.807) is 0 Å². The van der Waals surface area contributed by atoms with Crippen molar-refractivity contribution in [1.82, 2.24) is 0 Å². The van der Waals surface area contributed by atoms with Gasteiger partial charge in [-0.2, -0.15) is 0 Å². The molecule has 0 unspecified atom stereocenters. The Bertz CT molecular complexity index is 952. The van der Waals surface area contributed by atoms with Gasteiger partial charge in [-0.15, -0.1) is 0 Å². The van der Waals surface area contributed by atoms with Gasteiger partial charge in [0.15, 0.2) is 0 Å². The van der Waals surface area contributed by atoms with Crippen LogP contribution in [0.4, 0.5) is 0 Å². The van der Waals surface area contributed by atoms with Crippen LogP contribution >= 0.6 is 7.26 Å². The maximum Gasteiger partial charge on any atom is 0.118 e. The van der Waals surface area contributed by atoms with Gasteiger partial charge in [0, 0.05) is 0 Å². The van der Waals surface area contributed by atoms with Crippen molar-refractivity contribution in [3.05, 3.63) is 127 Å². The topological polar surface area (TPSA) is 20.2 Å². The van der Waals surface area contributed by atoms with Crippen LogP contribution in [0.15, 0.2) is 121 Å². The quantitative estimate of drug-likeness (QED) is 0.349. The molecule has 0 amide bonds. The van der Waals surface area contributed by atoms with E-state index in [0.717, 1.165) is 18.4 Å². The summed E-state index contributed by atoms with van der Waals surface area (Å²) in [6.07, 6.45) is 1.42. The fourth-order valence-corrected chi connectivity index (χ4v) is 9.95. The molecule has 4 aromatic carbocycles. The summed E-state index contributed by atoms with van der Waals surface area (Å²) in [7, 11) is -2.15. The zero-order valence-electron chi connectivity index (χ0n) is 18.0. The Balaban J connectivity index is 2.04. The molecule has 0 aliphatic carbocycles. The molecule has 4 rings (SSSR count). The van der Waals surface area contributed by atoms with E-state index in [2.05, 4.69) is 110 Å². The molecular formula is C29H30OP+. The lowest BCUT2D eigenvalue weighted by Gasteiger charge is -2.37. The van der Waals surface area contributed by atoms with Crippen molar-refractivity contribution in [2.45, 2.75) is 31.5 Å². The molecule has 0 saturated heterocycles. The molecule has 0 spiro atoms. The van der Waals surface area contributed by atoms with Crippen molar-refractivity contribution >= 4 is 23.2 Å². The first-order chi connectivity index (χ1) is 15.3. The van der Waals surface area contributed by atoms with Gasteiger partial charge in [0.2, 0.25) is 0 Å². The average molecular weight is 426 g/mol. The summed E-state index contributed by atoms with van der Waals surface area (Å²) in [5, 5.41) is 15.8. The summed E-state index contributed by atoms with van der Waals surface area (Å²) in [4.78, 5) is 0. The van der Waals surface area contributed by atoms with E-state index < -0.39 is 13.4 Å². The minimum atomic E-state index is -2.15. The van der Waals surface area contributed by atoms with Crippen LogP contribution in [0.3, 0.4) is 0 Å². The maximum absolute atomic E-state index is 11.9. The third kappa shape index (κ3) is 4.22. The predicted molar refractivity (Wildman–Crippen MR) is 135 cm³/mol. The normalized spacial score (nSPS) is 13.5. The zero-order chi connectivity index (χ0) is 21.5. The van der Waals surface area contributed by atoms with Crippen molar-refractivity contribution in [2.75, 3.05) is 0 Å². The van der Waals surface area contributed by atoms with Crippen molar-refractivity contribution in [2.24, 2.45) is 0 Å². The largest absolute Gasteiger partial charge is 0.384 e. The summed E-state index contributed by atoms with van der Waals surface area (Å²) < 4.78 is 0. The van der Waals surface area contributed by atoms with Crippen LogP contribution in [0, 0.1) is 0 Å². The summed E-state index contributed by atoms with van der Waals surface area (Å²) >= 11 is 0. The van der Waals surface area contributed by atoms with Crippen molar-refractivity contribution in [3.8, 4) is 0 Å². The van der Waals surface area contributed by atoms with Crippen molar-refractivity contribution in [1.29, 1.82) is 0 Å². The summed E-state index contributed by atoms with van der Waals surface area (Å²) in [6.45, 7) is 2.22. The molecule has 0 radical (unpaired) electrons. The highest BCUT2D eigenvalue weighted by Crippen LogP contribution is 2.64. The third-order valence-corrected chi connectivity index (χ3v) is 11.0. The molecule has 0 aliphatic heterocycles. The molecule has 0 fully saturated rings. The van der Waals surface area contributed by atoms with Crippen LogP contribution < -0.4 is 15.9 Å². The minimum Gasteiger partial charge on any atom is -0.384 e. The molecule has 0 heterocycles. The second-order valence-corrected chi connectivity index (χ2v) is 11.6. The number of benzene rings is 4. The van der Waals surface area contributed by atoms with Crippen LogP contribution in [-0.2, 0) is 0 Å². The molecule has 0 saturated carbocycles. The number of aliphatic hydroxyl groups is 1. The Labute approximate surface area is 186 Å². The first-order valence-electron chi connectivity index (χ1n) is 11.1. The summed E-state index contributed by atoms with van der Waals surface area (Å²) in [6, 6.07) is 42.8. The minimum absolute atomic E-state index is 0.0760. The lowest BCUT2D eigenvalue weighted by molar-refractivity contribution is 0.169. The van der Waals surface area contributed by atoms with Gasteiger partial charge < -0.3 is 5.11 Å². The second-order valence-electron chi connectivity index (χ2n) is 7.94. The molecule has 0 bridgehead atoms. The molecular weight excluding hydrogens is 395 g/mol. The molecule has 1 nitrogen and oxygen atoms in total. The Hall–Kier alpha value is -2.73. The van der Waals surface area contributed by atoms with E-state index in [9.17, 15) is 5.11 Å². The molecule has 4 aromatic rings. The van der Waals surface area contributed by atoms with Gasteiger partial charge >= 0.3 is 0 Å². The molecule has 2 atom stereocenters. The number of hydrogen-bond acceptors (Lipinski definition) is 1. The SMILES string of the molecule is CCC[C@H]([C@H](O)c1ccccc1)[P+](c1ccccc1)(c1ccccc1)c1ccccc1. The van der Waals surface area contributed by atoms with Gasteiger partial charge in [-0.1, -0.05) is 98.3 Å². The number of aliphatic hydroxyl groups excluding tert-OH is 1. The van der Waals surface area contributed by atoms with Crippen LogP contribution in [0.2, 0.25) is 0 Å². The molecule has 31 heavy (non-hydrogen) atoms. The predicted octanol–water partition coefficient (Wildman–Crippen LogP) is 5.88. The molecule has 0 aromatic heterocycles. The Morgan fingerprint density at radius 3 is 1.29 bits per heavy atom. The maximum atomic E-state index is 11.9. The van der Waals surface area contributed by atoms with Crippen LogP contribution in [0.25, 0.3) is 0 Å². The van der Waals surface area contributed by atoms with E-state index in [-0.39, 0.29) is 5.66 Å². The lowest BCUT2D eigenvalue weighted by Crippen LogP contribution is -2.41. The van der Waals surface area contributed by atoms with Crippen LogP contribution in [0.1, 0.15) is 31.4 Å². The lowest BCUT2D eigenvalue weighted by atomic mass is 10.0. The summed E-state index contributed by atoms with van der Waals surface area (Å²) in [5.41, 5.74) is 1.07. The smallest absolute Gasteiger partial charge is 0.118 e. The Morgan fingerprint density at radius 1 is 0.581 bits per heavy atom. The monoisotopic (exact) mass is 425 g/mol. The third-order valence-electron chi connectivity index (χ3n) is 6.08. The van der Waals surface area contributed by atoms with Gasteiger partial charge in [-0.3, -0.25) is 0 Å². The molecule has 1 N–H and O–H groups in total. The average Bonchev–Trinajstić information content (AvgIpc) is 2.86. The standard InChI is InChI=1S/C29H30OP/c1-2-15-28(29(30)24-16-7-3-8-17-24)31(25-18-9-4-10-19-25,26-20-11-5-12-21-26)27-22-13-6-14-23-27/h3-14,16-23,28-30H,2,15H2,1H3/q+1/t28-,29-/m1/s1. The number of hydrogen-bond donors (Lipinski definition) is 1. The van der Waals surface area contributed by atoms with E-state index in [0.29, 0.717) is 0 Å². The first kappa shape index (κ1) is 21.5. The van der Waals surface area contributed by atoms with Gasteiger partial charge in [-0.25, -0.2) is 0 Å². The van der Waals surface area contributed by atoms with Gasteiger partial charge in [0.1, 0.15) is 34.9 Å². The fourth-order valence-electron chi connectivity index (χ4n) is 4.74. The van der Waals surface area contributed by atoms with Gasteiger partial charge in [0.05, 0.1) is 0 Å².